The van der Waals surface area contributed by atoms with E-state index in [1.165, 1.54) is 6.07 Å². The molecule has 0 saturated heterocycles. The molecule has 1 aliphatic heterocycles. The van der Waals surface area contributed by atoms with Crippen LogP contribution in [0.2, 0.25) is 5.02 Å². The minimum absolute atomic E-state index is 0.243. The highest BCUT2D eigenvalue weighted by atomic mass is 35.5. The predicted molar refractivity (Wildman–Crippen MR) is 67.9 cm³/mol. The van der Waals surface area contributed by atoms with E-state index in [1.807, 2.05) is 6.07 Å². The molecule has 1 aromatic rings. The lowest BCUT2D eigenvalue weighted by Crippen LogP contribution is -2.06. The fourth-order valence-corrected chi connectivity index (χ4v) is 2.09. The van der Waals surface area contributed by atoms with Crippen molar-refractivity contribution in [3.8, 4) is 17.0 Å². The zero-order valence-electron chi connectivity index (χ0n) is 8.70. The highest BCUT2D eigenvalue weighted by molar-refractivity contribution is 6.31. The second-order valence-electron chi connectivity index (χ2n) is 3.88. The first-order valence-electron chi connectivity index (χ1n) is 5.09. The van der Waals surface area contributed by atoms with E-state index in [9.17, 15) is 9.90 Å². The number of aromatic amines is 1. The van der Waals surface area contributed by atoms with Crippen LogP contribution in [0.5, 0.6) is 5.75 Å². The number of aromatic nitrogens is 1. The van der Waals surface area contributed by atoms with E-state index in [-0.39, 0.29) is 11.2 Å². The Morgan fingerprint density at radius 3 is 2.76 bits per heavy atom. The number of phenols is 1. The van der Waals surface area contributed by atoms with Crippen LogP contribution in [0, 0.1) is 0 Å². The van der Waals surface area contributed by atoms with Crippen molar-refractivity contribution in [3.05, 3.63) is 51.6 Å². The molecule has 0 radical (unpaired) electrons. The third kappa shape index (κ3) is 1.56. The van der Waals surface area contributed by atoms with Crippen LogP contribution in [0.1, 0.15) is 0 Å². The normalized spacial score (nSPS) is 11.1. The highest BCUT2D eigenvalue weighted by Crippen LogP contribution is 2.25. The summed E-state index contributed by atoms with van der Waals surface area (Å²) in [4.78, 5) is 14.9. The molecule has 1 aliphatic carbocycles. The maximum atomic E-state index is 11.8. The zero-order chi connectivity index (χ0) is 12.0. The van der Waals surface area contributed by atoms with Crippen LogP contribution >= 0.6 is 11.6 Å². The molecular formula is C13H8ClNO2. The number of hydrogen-bond donors (Lipinski definition) is 2. The van der Waals surface area contributed by atoms with Crippen molar-refractivity contribution in [3.63, 3.8) is 0 Å². The Kier molecular flexibility index (Phi) is 2.09. The van der Waals surface area contributed by atoms with Gasteiger partial charge in [-0.15, -0.1) is 0 Å². The van der Waals surface area contributed by atoms with Gasteiger partial charge in [0.2, 0.25) is 5.43 Å². The van der Waals surface area contributed by atoms with E-state index in [4.69, 9.17) is 11.6 Å². The first-order chi connectivity index (χ1) is 8.15. The summed E-state index contributed by atoms with van der Waals surface area (Å²) in [5.41, 5.74) is 1.68. The molecule has 2 N–H and O–H groups in total. The van der Waals surface area contributed by atoms with Crippen molar-refractivity contribution < 1.29 is 5.11 Å². The number of pyridine rings is 1. The Morgan fingerprint density at radius 2 is 1.94 bits per heavy atom. The summed E-state index contributed by atoms with van der Waals surface area (Å²) < 4.78 is 0. The largest absolute Gasteiger partial charge is 0.504 e. The number of H-pyrrole nitrogens is 1. The van der Waals surface area contributed by atoms with Crippen molar-refractivity contribution in [2.75, 3.05) is 0 Å². The fourth-order valence-electron chi connectivity index (χ4n) is 1.91. The lowest BCUT2D eigenvalue weighted by atomic mass is 10.1. The molecule has 1 heterocycles. The first kappa shape index (κ1) is 10.2. The number of rotatable bonds is 0. The molecule has 0 aromatic heterocycles. The third-order valence-electron chi connectivity index (χ3n) is 2.76. The number of benzene rings is 2. The summed E-state index contributed by atoms with van der Waals surface area (Å²) in [6.07, 6.45) is 0. The van der Waals surface area contributed by atoms with Crippen molar-refractivity contribution in [1.29, 1.82) is 0 Å². The van der Waals surface area contributed by atoms with Crippen molar-refractivity contribution >= 4 is 22.5 Å². The quantitative estimate of drug-likeness (QED) is 0.598. The molecule has 0 bridgehead atoms. The Labute approximate surface area is 102 Å². The number of halogens is 1. The number of fused-ring (bicyclic) bond motifs is 2. The number of nitrogens with one attached hydrogen (secondary N) is 1. The fraction of sp³-hybridized carbons (Fsp3) is 0. The van der Waals surface area contributed by atoms with Gasteiger partial charge in [-0.3, -0.25) is 4.79 Å². The van der Waals surface area contributed by atoms with E-state index < -0.39 is 0 Å². The van der Waals surface area contributed by atoms with Gasteiger partial charge in [-0.1, -0.05) is 11.6 Å². The van der Waals surface area contributed by atoms with Crippen LogP contribution in [0.4, 0.5) is 0 Å². The molecule has 3 nitrogen and oxygen atoms in total. The lowest BCUT2D eigenvalue weighted by Gasteiger charge is -2.08. The first-order valence-corrected chi connectivity index (χ1v) is 5.47. The van der Waals surface area contributed by atoms with Crippen LogP contribution in [-0.4, -0.2) is 10.1 Å². The van der Waals surface area contributed by atoms with E-state index in [1.54, 1.807) is 24.3 Å². The number of aromatic hydroxyl groups is 1. The Hall–Kier alpha value is -2.00. The van der Waals surface area contributed by atoms with E-state index >= 15 is 0 Å². The van der Waals surface area contributed by atoms with Crippen molar-refractivity contribution in [2.45, 2.75) is 0 Å². The summed E-state index contributed by atoms with van der Waals surface area (Å²) in [6.45, 7) is 0. The van der Waals surface area contributed by atoms with Crippen LogP contribution < -0.4 is 5.43 Å². The number of phenolic OH excluding ortho intramolecular Hbond substituents is 1. The summed E-state index contributed by atoms with van der Waals surface area (Å²) in [5, 5.41) is 10.8. The maximum Gasteiger partial charge on any atom is 0.229 e. The monoisotopic (exact) mass is 245 g/mol. The third-order valence-corrected chi connectivity index (χ3v) is 2.99. The molecule has 17 heavy (non-hydrogen) atoms. The Balaban J connectivity index is 2.50. The molecule has 0 amide bonds. The predicted octanol–water partition coefficient (Wildman–Crippen LogP) is 2.99. The summed E-state index contributed by atoms with van der Waals surface area (Å²) in [6, 6.07) is 10.2. The standard InChI is InChI=1S/C13H8ClNO2/c14-8-1-2-10-7(5-8)6-9-11(15-10)3-4-12(16)13(9)17/h1-6,15-16H. The topological polar surface area (TPSA) is 53.1 Å². The molecular weight excluding hydrogens is 238 g/mol. The summed E-state index contributed by atoms with van der Waals surface area (Å²) in [7, 11) is 0. The molecule has 84 valence electrons. The smallest absolute Gasteiger partial charge is 0.229 e. The van der Waals surface area contributed by atoms with Gasteiger partial charge in [0.05, 0.1) is 5.69 Å². The zero-order valence-corrected chi connectivity index (χ0v) is 9.45. The van der Waals surface area contributed by atoms with Gasteiger partial charge < -0.3 is 10.1 Å². The molecule has 2 aliphatic rings. The van der Waals surface area contributed by atoms with Gasteiger partial charge in [0, 0.05) is 21.5 Å². The van der Waals surface area contributed by atoms with Gasteiger partial charge >= 0.3 is 0 Å². The molecule has 0 spiro atoms. The highest BCUT2D eigenvalue weighted by Gasteiger charge is 2.11. The average molecular weight is 246 g/mol. The van der Waals surface area contributed by atoms with Crippen molar-refractivity contribution in [1.82, 2.24) is 4.98 Å². The molecule has 4 heteroatoms. The van der Waals surface area contributed by atoms with Crippen LogP contribution in [0.15, 0.2) is 41.2 Å². The SMILES string of the molecule is O=c1c(O)ccc2[nH]c3ccc(Cl)cc3cc1-2. The number of hydrogen-bond acceptors (Lipinski definition) is 2. The Morgan fingerprint density at radius 1 is 1.12 bits per heavy atom. The van der Waals surface area contributed by atoms with Crippen LogP contribution in [-0.2, 0) is 0 Å². The lowest BCUT2D eigenvalue weighted by molar-refractivity contribution is 0.470. The second kappa shape index (κ2) is 3.50. The molecule has 0 saturated carbocycles. The van der Waals surface area contributed by atoms with Gasteiger partial charge in [0.25, 0.3) is 0 Å². The van der Waals surface area contributed by atoms with E-state index in [2.05, 4.69) is 4.98 Å². The Bertz CT molecular complexity index is 748. The van der Waals surface area contributed by atoms with E-state index in [0.717, 1.165) is 10.9 Å². The van der Waals surface area contributed by atoms with Gasteiger partial charge in [-0.2, -0.15) is 0 Å². The minimum atomic E-state index is -0.374. The van der Waals surface area contributed by atoms with E-state index in [0.29, 0.717) is 16.3 Å². The van der Waals surface area contributed by atoms with Gasteiger partial charge in [-0.25, -0.2) is 0 Å². The van der Waals surface area contributed by atoms with Crippen LogP contribution in [0.3, 0.4) is 0 Å². The molecule has 0 unspecified atom stereocenters. The summed E-state index contributed by atoms with van der Waals surface area (Å²) in [5.74, 6) is -0.243. The summed E-state index contributed by atoms with van der Waals surface area (Å²) >= 11 is 5.90. The molecule has 0 fully saturated rings. The maximum absolute atomic E-state index is 11.8. The molecule has 0 atom stereocenters. The van der Waals surface area contributed by atoms with Gasteiger partial charge in [0.1, 0.15) is 0 Å². The van der Waals surface area contributed by atoms with Crippen molar-refractivity contribution in [2.24, 2.45) is 0 Å². The average Bonchev–Trinajstić information content (AvgIpc) is 2.32. The van der Waals surface area contributed by atoms with Gasteiger partial charge in [0.15, 0.2) is 5.75 Å². The van der Waals surface area contributed by atoms with Gasteiger partial charge in [-0.05, 0) is 36.4 Å². The molecule has 3 rings (SSSR count). The minimum Gasteiger partial charge on any atom is -0.504 e. The van der Waals surface area contributed by atoms with Crippen LogP contribution in [0.25, 0.3) is 22.2 Å². The molecule has 1 aromatic carbocycles. The second-order valence-corrected chi connectivity index (χ2v) is 4.31.